The van der Waals surface area contributed by atoms with Crippen molar-refractivity contribution in [3.05, 3.63) is 108 Å². The molecule has 4 aromatic carbocycles. The minimum Gasteiger partial charge on any atom is -0.488 e. The number of nitrogens with one attached hydrogen (secondary N) is 1. The molecule has 0 aliphatic rings. The first kappa shape index (κ1) is 19.7. The summed E-state index contributed by atoms with van der Waals surface area (Å²) in [5.74, 6) is 0.619. The van der Waals surface area contributed by atoms with Crippen LogP contribution in [0.25, 0.3) is 10.8 Å². The van der Waals surface area contributed by atoms with Gasteiger partial charge in [-0.25, -0.2) is 4.83 Å². The van der Waals surface area contributed by atoms with Crippen molar-refractivity contribution in [2.45, 2.75) is 11.5 Å². The van der Waals surface area contributed by atoms with E-state index in [-0.39, 0.29) is 4.90 Å². The van der Waals surface area contributed by atoms with Crippen LogP contribution >= 0.6 is 0 Å². The van der Waals surface area contributed by atoms with E-state index in [2.05, 4.69) is 28.1 Å². The van der Waals surface area contributed by atoms with E-state index >= 15 is 0 Å². The Morgan fingerprint density at radius 1 is 0.800 bits per heavy atom. The molecule has 0 unspecified atom stereocenters. The lowest BCUT2D eigenvalue weighted by Gasteiger charge is -2.11. The summed E-state index contributed by atoms with van der Waals surface area (Å²) in [6.45, 7) is 0.391. The molecule has 0 aliphatic heterocycles. The lowest BCUT2D eigenvalue weighted by molar-refractivity contribution is 0.307. The first-order chi connectivity index (χ1) is 14.6. The van der Waals surface area contributed by atoms with Crippen molar-refractivity contribution in [3.63, 3.8) is 0 Å². The molecule has 4 aromatic rings. The van der Waals surface area contributed by atoms with Gasteiger partial charge in [-0.1, -0.05) is 72.8 Å². The highest BCUT2D eigenvalue weighted by Gasteiger charge is 2.11. The van der Waals surface area contributed by atoms with E-state index in [4.69, 9.17) is 4.74 Å². The summed E-state index contributed by atoms with van der Waals surface area (Å²) in [7, 11) is -3.71. The van der Waals surface area contributed by atoms with Crippen LogP contribution in [0.1, 0.15) is 11.1 Å². The van der Waals surface area contributed by atoms with Crippen molar-refractivity contribution in [3.8, 4) is 5.75 Å². The van der Waals surface area contributed by atoms with E-state index in [0.29, 0.717) is 17.9 Å². The molecular weight excluding hydrogens is 396 g/mol. The Kier molecular flexibility index (Phi) is 5.77. The van der Waals surface area contributed by atoms with Crippen LogP contribution in [0, 0.1) is 0 Å². The molecule has 0 radical (unpaired) electrons. The molecule has 6 heteroatoms. The van der Waals surface area contributed by atoms with Gasteiger partial charge in [-0.15, -0.1) is 0 Å². The van der Waals surface area contributed by atoms with Crippen LogP contribution < -0.4 is 9.57 Å². The number of fused-ring (bicyclic) bond motifs is 1. The van der Waals surface area contributed by atoms with Crippen molar-refractivity contribution >= 4 is 27.0 Å². The minimum absolute atomic E-state index is 0.155. The molecule has 0 saturated heterocycles. The van der Waals surface area contributed by atoms with Crippen molar-refractivity contribution in [1.29, 1.82) is 0 Å². The first-order valence-electron chi connectivity index (χ1n) is 9.42. The summed E-state index contributed by atoms with van der Waals surface area (Å²) in [6, 6.07) is 29.7. The predicted molar refractivity (Wildman–Crippen MR) is 119 cm³/mol. The number of benzene rings is 4. The Morgan fingerprint density at radius 2 is 1.50 bits per heavy atom. The maximum absolute atomic E-state index is 12.3. The number of hydrogen-bond acceptors (Lipinski definition) is 4. The van der Waals surface area contributed by atoms with Crippen LogP contribution in [0.3, 0.4) is 0 Å². The molecule has 0 fully saturated rings. The van der Waals surface area contributed by atoms with Gasteiger partial charge in [0.05, 0.1) is 11.1 Å². The second-order valence-electron chi connectivity index (χ2n) is 6.63. The molecule has 0 bridgehead atoms. The van der Waals surface area contributed by atoms with E-state index in [1.54, 1.807) is 18.2 Å². The molecule has 0 amide bonds. The monoisotopic (exact) mass is 416 g/mol. The topological polar surface area (TPSA) is 67.8 Å². The zero-order valence-corrected chi connectivity index (χ0v) is 16.9. The number of rotatable bonds is 7. The molecule has 1 N–H and O–H groups in total. The molecule has 0 atom stereocenters. The zero-order chi connectivity index (χ0) is 20.8. The van der Waals surface area contributed by atoms with E-state index < -0.39 is 10.0 Å². The second-order valence-corrected chi connectivity index (χ2v) is 8.29. The molecule has 0 aromatic heterocycles. The molecular formula is C24H20N2O3S. The van der Waals surface area contributed by atoms with Crippen molar-refractivity contribution in [1.82, 2.24) is 4.83 Å². The smallest absolute Gasteiger partial charge is 0.276 e. The third-order valence-corrected chi connectivity index (χ3v) is 5.85. The highest BCUT2D eigenvalue weighted by Crippen LogP contribution is 2.22. The van der Waals surface area contributed by atoms with Gasteiger partial charge < -0.3 is 4.74 Å². The molecule has 0 aliphatic carbocycles. The SMILES string of the molecule is O=S(=O)(N/N=C\c1ccccc1OCc1cccc2ccccc12)c1ccccc1. The standard InChI is InChI=1S/C24H20N2O3S/c27-30(28,22-13-2-1-3-14-22)26-25-17-20-10-5-7-16-24(20)29-18-21-12-8-11-19-9-4-6-15-23(19)21/h1-17,26H,18H2/b25-17-. The Balaban J connectivity index is 1.49. The molecule has 0 spiro atoms. The number of hydrogen-bond donors (Lipinski definition) is 1. The fourth-order valence-electron chi connectivity index (χ4n) is 3.11. The summed E-state index contributed by atoms with van der Waals surface area (Å²) >= 11 is 0. The van der Waals surface area contributed by atoms with Crippen LogP contribution in [-0.2, 0) is 16.6 Å². The van der Waals surface area contributed by atoms with E-state index in [0.717, 1.165) is 16.3 Å². The first-order valence-corrected chi connectivity index (χ1v) is 10.9. The average molecular weight is 417 g/mol. The van der Waals surface area contributed by atoms with Crippen LogP contribution in [0.4, 0.5) is 0 Å². The molecule has 150 valence electrons. The zero-order valence-electron chi connectivity index (χ0n) is 16.1. The lowest BCUT2D eigenvalue weighted by Crippen LogP contribution is -2.18. The van der Waals surface area contributed by atoms with Gasteiger partial charge in [0, 0.05) is 5.56 Å². The van der Waals surface area contributed by atoms with Gasteiger partial charge in [-0.05, 0) is 40.6 Å². The molecule has 4 rings (SSSR count). The Bertz CT molecular complexity index is 1280. The van der Waals surface area contributed by atoms with Crippen molar-refractivity contribution in [2.75, 3.05) is 0 Å². The van der Waals surface area contributed by atoms with Gasteiger partial charge in [-0.2, -0.15) is 13.5 Å². The van der Waals surface area contributed by atoms with Crippen LogP contribution in [0.15, 0.2) is 107 Å². The number of hydrazone groups is 1. The number of nitrogens with zero attached hydrogens (tertiary/aromatic N) is 1. The quantitative estimate of drug-likeness (QED) is 0.350. The maximum Gasteiger partial charge on any atom is 0.276 e. The minimum atomic E-state index is -3.71. The van der Waals surface area contributed by atoms with E-state index in [1.807, 2.05) is 48.5 Å². The molecule has 0 saturated carbocycles. The van der Waals surface area contributed by atoms with Gasteiger partial charge in [0.25, 0.3) is 10.0 Å². The van der Waals surface area contributed by atoms with Crippen LogP contribution in [0.2, 0.25) is 0 Å². The Hall–Kier alpha value is -3.64. The van der Waals surface area contributed by atoms with Gasteiger partial charge >= 0.3 is 0 Å². The lowest BCUT2D eigenvalue weighted by atomic mass is 10.1. The summed E-state index contributed by atoms with van der Waals surface area (Å²) in [5.41, 5.74) is 1.75. The third-order valence-electron chi connectivity index (χ3n) is 4.61. The molecule has 30 heavy (non-hydrogen) atoms. The third kappa shape index (κ3) is 4.50. The number of sulfonamides is 1. The normalized spacial score (nSPS) is 11.6. The van der Waals surface area contributed by atoms with E-state index in [1.165, 1.54) is 18.3 Å². The summed E-state index contributed by atoms with van der Waals surface area (Å²) < 4.78 is 30.6. The Labute approximate surface area is 175 Å². The number of para-hydroxylation sites is 1. The largest absolute Gasteiger partial charge is 0.488 e. The van der Waals surface area contributed by atoms with Crippen LogP contribution in [-0.4, -0.2) is 14.6 Å². The summed E-state index contributed by atoms with van der Waals surface area (Å²) in [6.07, 6.45) is 1.44. The highest BCUT2D eigenvalue weighted by atomic mass is 32.2. The summed E-state index contributed by atoms with van der Waals surface area (Å²) in [4.78, 5) is 2.39. The van der Waals surface area contributed by atoms with Gasteiger partial charge in [0.2, 0.25) is 0 Å². The fraction of sp³-hybridized carbons (Fsp3) is 0.0417. The van der Waals surface area contributed by atoms with Gasteiger partial charge in [0.1, 0.15) is 12.4 Å². The van der Waals surface area contributed by atoms with Crippen LogP contribution in [0.5, 0.6) is 5.75 Å². The average Bonchev–Trinajstić information content (AvgIpc) is 2.79. The fourth-order valence-corrected chi connectivity index (χ4v) is 3.92. The van der Waals surface area contributed by atoms with Gasteiger partial charge in [-0.3, -0.25) is 0 Å². The second kappa shape index (κ2) is 8.80. The highest BCUT2D eigenvalue weighted by molar-refractivity contribution is 7.89. The maximum atomic E-state index is 12.3. The summed E-state index contributed by atoms with van der Waals surface area (Å²) in [5, 5.41) is 6.21. The van der Waals surface area contributed by atoms with E-state index in [9.17, 15) is 8.42 Å². The number of ether oxygens (including phenoxy) is 1. The molecule has 0 heterocycles. The predicted octanol–water partition coefficient (Wildman–Crippen LogP) is 4.73. The van der Waals surface area contributed by atoms with Crippen molar-refractivity contribution in [2.24, 2.45) is 5.10 Å². The molecule has 5 nitrogen and oxygen atoms in total. The van der Waals surface area contributed by atoms with Gasteiger partial charge in [0.15, 0.2) is 0 Å². The Morgan fingerprint density at radius 3 is 2.37 bits per heavy atom. The van der Waals surface area contributed by atoms with Crippen molar-refractivity contribution < 1.29 is 13.2 Å².